The van der Waals surface area contributed by atoms with Gasteiger partial charge in [-0.25, -0.2) is 14.8 Å². The summed E-state index contributed by atoms with van der Waals surface area (Å²) in [5, 5.41) is 9.73. The Hall–Kier alpha value is -2.27. The van der Waals surface area contributed by atoms with Gasteiger partial charge in [0.05, 0.1) is 5.56 Å². The van der Waals surface area contributed by atoms with E-state index in [2.05, 4.69) is 9.97 Å². The molecular formula is C15H13ClN2O3. The molecule has 0 amide bonds. The zero-order valence-electron chi connectivity index (χ0n) is 11.3. The number of hydrogen-bond acceptors (Lipinski definition) is 4. The number of carbonyl (C=O) groups excluding carboxylic acids is 1. The smallest absolute Gasteiger partial charge is 0.355 e. The first kappa shape index (κ1) is 15.1. The third-order valence-electron chi connectivity index (χ3n) is 2.87. The van der Waals surface area contributed by atoms with Gasteiger partial charge in [0.1, 0.15) is 5.82 Å². The highest BCUT2D eigenvalue weighted by atomic mass is 35.5. The average molecular weight is 305 g/mol. The molecule has 1 aromatic carbocycles. The lowest BCUT2D eigenvalue weighted by atomic mass is 10.0. The first-order valence-electron chi connectivity index (χ1n) is 6.42. The molecule has 108 valence electrons. The molecule has 1 heterocycles. The maximum absolute atomic E-state index is 12.4. The van der Waals surface area contributed by atoms with Gasteiger partial charge < -0.3 is 5.11 Å². The van der Waals surface area contributed by atoms with Crippen LogP contribution in [0.5, 0.6) is 0 Å². The van der Waals surface area contributed by atoms with E-state index in [0.717, 1.165) is 6.42 Å². The molecule has 0 aliphatic rings. The summed E-state index contributed by atoms with van der Waals surface area (Å²) in [6.07, 6.45) is 2.64. The maximum atomic E-state index is 12.4. The van der Waals surface area contributed by atoms with Crippen LogP contribution in [0.2, 0.25) is 5.02 Å². The fourth-order valence-corrected chi connectivity index (χ4v) is 1.97. The van der Waals surface area contributed by atoms with Crippen LogP contribution in [0.25, 0.3) is 0 Å². The quantitative estimate of drug-likeness (QED) is 0.859. The van der Waals surface area contributed by atoms with Crippen LogP contribution in [-0.2, 0) is 6.42 Å². The minimum Gasteiger partial charge on any atom is -0.476 e. The van der Waals surface area contributed by atoms with Crippen LogP contribution in [0.15, 0.2) is 30.5 Å². The Kier molecular flexibility index (Phi) is 4.65. The number of aromatic nitrogens is 2. The Bertz CT molecular complexity index is 684. The summed E-state index contributed by atoms with van der Waals surface area (Å²) in [6.45, 7) is 1.94. The summed E-state index contributed by atoms with van der Waals surface area (Å²) in [6, 6.07) is 6.22. The third-order valence-corrected chi connectivity index (χ3v) is 3.12. The largest absolute Gasteiger partial charge is 0.476 e. The monoisotopic (exact) mass is 304 g/mol. The minimum absolute atomic E-state index is 0.0234. The van der Waals surface area contributed by atoms with Crippen molar-refractivity contribution < 1.29 is 14.7 Å². The van der Waals surface area contributed by atoms with Gasteiger partial charge in [0, 0.05) is 23.2 Å². The number of nitrogens with zero attached hydrogens (tertiary/aromatic N) is 2. The van der Waals surface area contributed by atoms with Gasteiger partial charge in [-0.3, -0.25) is 4.79 Å². The van der Waals surface area contributed by atoms with Gasteiger partial charge in [-0.15, -0.1) is 0 Å². The molecular weight excluding hydrogens is 292 g/mol. The van der Waals surface area contributed by atoms with Crippen LogP contribution in [0, 0.1) is 0 Å². The van der Waals surface area contributed by atoms with Crippen LogP contribution in [0.3, 0.4) is 0 Å². The number of rotatable bonds is 5. The van der Waals surface area contributed by atoms with Crippen LogP contribution >= 0.6 is 11.6 Å². The first-order valence-corrected chi connectivity index (χ1v) is 6.80. The average Bonchev–Trinajstić information content (AvgIpc) is 2.47. The third kappa shape index (κ3) is 3.44. The van der Waals surface area contributed by atoms with E-state index in [1.165, 1.54) is 18.3 Å². The number of halogens is 1. The van der Waals surface area contributed by atoms with Gasteiger partial charge in [-0.2, -0.15) is 0 Å². The lowest BCUT2D eigenvalue weighted by molar-refractivity contribution is 0.0685. The van der Waals surface area contributed by atoms with Crippen molar-refractivity contribution in [2.75, 3.05) is 0 Å². The molecule has 0 fully saturated rings. The Balaban J connectivity index is 2.44. The summed E-state index contributed by atoms with van der Waals surface area (Å²) >= 11 is 5.77. The molecule has 0 unspecified atom stereocenters. The molecule has 0 saturated heterocycles. The molecule has 2 rings (SSSR count). The molecule has 0 radical (unpaired) electrons. The van der Waals surface area contributed by atoms with Crippen molar-refractivity contribution in [3.05, 3.63) is 58.1 Å². The zero-order valence-corrected chi connectivity index (χ0v) is 12.1. The van der Waals surface area contributed by atoms with Crippen LogP contribution in [-0.4, -0.2) is 26.8 Å². The number of benzene rings is 1. The molecule has 5 nitrogen and oxygen atoms in total. The number of hydrogen-bond donors (Lipinski definition) is 1. The number of carbonyl (C=O) groups is 2. The van der Waals surface area contributed by atoms with Crippen LogP contribution in [0.1, 0.15) is 45.6 Å². The van der Waals surface area contributed by atoms with Crippen molar-refractivity contribution in [3.63, 3.8) is 0 Å². The standard InChI is InChI=1S/C15H13ClN2O3/c1-2-3-12-17-8-11(13(18-12)15(20)21)14(19)9-4-6-10(16)7-5-9/h4-8H,2-3H2,1H3,(H,20,21). The topological polar surface area (TPSA) is 80.2 Å². The Morgan fingerprint density at radius 3 is 2.48 bits per heavy atom. The van der Waals surface area contributed by atoms with Crippen molar-refractivity contribution in [1.29, 1.82) is 0 Å². The lowest BCUT2D eigenvalue weighted by Gasteiger charge is -2.06. The highest BCUT2D eigenvalue weighted by Gasteiger charge is 2.20. The van der Waals surface area contributed by atoms with Crippen molar-refractivity contribution in [3.8, 4) is 0 Å². The number of ketones is 1. The second-order valence-corrected chi connectivity index (χ2v) is 4.88. The predicted molar refractivity (Wildman–Crippen MR) is 77.9 cm³/mol. The maximum Gasteiger partial charge on any atom is 0.355 e. The van der Waals surface area contributed by atoms with E-state index in [9.17, 15) is 14.7 Å². The summed E-state index contributed by atoms with van der Waals surface area (Å²) in [5.74, 6) is -1.26. The molecule has 0 aliphatic carbocycles. The summed E-state index contributed by atoms with van der Waals surface area (Å²) < 4.78 is 0. The molecule has 1 N–H and O–H groups in total. The van der Waals surface area contributed by atoms with Crippen LogP contribution in [0.4, 0.5) is 0 Å². The van der Waals surface area contributed by atoms with Crippen molar-refractivity contribution in [1.82, 2.24) is 9.97 Å². The fourth-order valence-electron chi connectivity index (χ4n) is 1.85. The minimum atomic E-state index is -1.24. The van der Waals surface area contributed by atoms with E-state index in [1.54, 1.807) is 12.1 Å². The van der Waals surface area contributed by atoms with E-state index < -0.39 is 11.8 Å². The highest BCUT2D eigenvalue weighted by molar-refractivity contribution is 6.30. The van der Waals surface area contributed by atoms with E-state index in [1.807, 2.05) is 6.92 Å². The van der Waals surface area contributed by atoms with Gasteiger partial charge in [0.2, 0.25) is 0 Å². The van der Waals surface area contributed by atoms with Crippen molar-refractivity contribution in [2.45, 2.75) is 19.8 Å². The predicted octanol–water partition coefficient (Wildman–Crippen LogP) is 3.01. The van der Waals surface area contributed by atoms with Crippen molar-refractivity contribution in [2.24, 2.45) is 0 Å². The molecule has 1 aromatic heterocycles. The fraction of sp³-hybridized carbons (Fsp3) is 0.200. The normalized spacial score (nSPS) is 10.4. The first-order chi connectivity index (χ1) is 10.0. The number of carboxylic acids is 1. The molecule has 0 atom stereocenters. The summed E-state index contributed by atoms with van der Waals surface area (Å²) in [5.41, 5.74) is 0.0480. The SMILES string of the molecule is CCCc1ncc(C(=O)c2ccc(Cl)cc2)c(C(=O)O)n1. The van der Waals surface area contributed by atoms with Gasteiger partial charge in [-0.1, -0.05) is 18.5 Å². The Labute approximate surface area is 126 Å². The van der Waals surface area contributed by atoms with Gasteiger partial charge in [0.15, 0.2) is 11.5 Å². The lowest BCUT2D eigenvalue weighted by Crippen LogP contribution is -2.14. The molecule has 0 spiro atoms. The molecule has 0 aliphatic heterocycles. The van der Waals surface area contributed by atoms with E-state index in [-0.39, 0.29) is 11.3 Å². The number of aromatic carboxylic acids is 1. The van der Waals surface area contributed by atoms with Gasteiger partial charge >= 0.3 is 5.97 Å². The second kappa shape index (κ2) is 6.45. The zero-order chi connectivity index (χ0) is 15.4. The second-order valence-electron chi connectivity index (χ2n) is 4.44. The van der Waals surface area contributed by atoms with E-state index >= 15 is 0 Å². The molecule has 2 aromatic rings. The van der Waals surface area contributed by atoms with Crippen LogP contribution < -0.4 is 0 Å². The summed E-state index contributed by atoms with van der Waals surface area (Å²) in [4.78, 5) is 31.7. The number of aryl methyl sites for hydroxylation is 1. The highest BCUT2D eigenvalue weighted by Crippen LogP contribution is 2.16. The van der Waals surface area contributed by atoms with Crippen molar-refractivity contribution >= 4 is 23.4 Å². The molecule has 6 heteroatoms. The van der Waals surface area contributed by atoms with Gasteiger partial charge in [-0.05, 0) is 30.7 Å². The molecule has 21 heavy (non-hydrogen) atoms. The number of carboxylic acid groups (broad SMARTS) is 1. The molecule has 0 bridgehead atoms. The van der Waals surface area contributed by atoms with Gasteiger partial charge in [0.25, 0.3) is 0 Å². The Morgan fingerprint density at radius 1 is 1.24 bits per heavy atom. The molecule has 0 saturated carbocycles. The van der Waals surface area contributed by atoms with E-state index in [0.29, 0.717) is 22.8 Å². The summed E-state index contributed by atoms with van der Waals surface area (Å²) in [7, 11) is 0. The van der Waals surface area contributed by atoms with E-state index in [4.69, 9.17) is 11.6 Å². The Morgan fingerprint density at radius 2 is 1.90 bits per heavy atom.